The fourth-order valence-electron chi connectivity index (χ4n) is 3.63. The van der Waals surface area contributed by atoms with Crippen LogP contribution in [0.1, 0.15) is 27.5 Å². The van der Waals surface area contributed by atoms with Gasteiger partial charge in [-0.25, -0.2) is 0 Å². The number of carbonyl (C=O) groups is 2. The number of benzene rings is 3. The summed E-state index contributed by atoms with van der Waals surface area (Å²) < 4.78 is 0.788. The van der Waals surface area contributed by atoms with Crippen molar-refractivity contribution in [3.63, 3.8) is 0 Å². The molecule has 0 radical (unpaired) electrons. The van der Waals surface area contributed by atoms with Crippen LogP contribution in [0.25, 0.3) is 0 Å². The lowest BCUT2D eigenvalue weighted by Crippen LogP contribution is -2.39. The molecule has 3 aromatic carbocycles. The van der Waals surface area contributed by atoms with Crippen molar-refractivity contribution >= 4 is 39.1 Å². The molecule has 150 valence electrons. The quantitative estimate of drug-likeness (QED) is 0.453. The van der Waals surface area contributed by atoms with Crippen molar-refractivity contribution in [2.24, 2.45) is 0 Å². The minimum absolute atomic E-state index is 0.0605. The number of fused-ring (bicyclic) bond motifs is 1. The largest absolute Gasteiger partial charge is 0.324 e. The molecule has 0 aliphatic carbocycles. The first-order valence-electron chi connectivity index (χ1n) is 9.14. The summed E-state index contributed by atoms with van der Waals surface area (Å²) in [7, 11) is 0. The third-order valence-corrected chi connectivity index (χ3v) is 5.41. The van der Waals surface area contributed by atoms with Gasteiger partial charge in [0.05, 0.1) is 11.0 Å². The number of amides is 2. The van der Waals surface area contributed by atoms with Crippen molar-refractivity contribution in [2.75, 3.05) is 11.9 Å². The van der Waals surface area contributed by atoms with Gasteiger partial charge < -0.3 is 10.2 Å². The monoisotopic (exact) mass is 465 g/mol. The summed E-state index contributed by atoms with van der Waals surface area (Å²) >= 11 is 3.46. The van der Waals surface area contributed by atoms with Gasteiger partial charge in [0.2, 0.25) is 5.91 Å². The normalized spacial score (nSPS) is 15.7. The maximum absolute atomic E-state index is 13.5. The van der Waals surface area contributed by atoms with Crippen LogP contribution in [-0.4, -0.2) is 28.2 Å². The van der Waals surface area contributed by atoms with Gasteiger partial charge in [-0.05, 0) is 29.8 Å². The number of para-hydroxylation sites is 1. The van der Waals surface area contributed by atoms with E-state index in [0.29, 0.717) is 11.3 Å². The number of nitro groups is 1. The molecule has 0 fully saturated rings. The highest BCUT2D eigenvalue weighted by Crippen LogP contribution is 2.38. The predicted octanol–water partition coefficient (Wildman–Crippen LogP) is 4.54. The van der Waals surface area contributed by atoms with Crippen LogP contribution < -0.4 is 5.32 Å². The molecule has 30 heavy (non-hydrogen) atoms. The first kappa shape index (κ1) is 19.8. The van der Waals surface area contributed by atoms with Crippen LogP contribution >= 0.6 is 15.9 Å². The van der Waals surface area contributed by atoms with Crippen LogP contribution in [0.4, 0.5) is 11.4 Å². The number of nitrogens with one attached hydrogen (secondary N) is 1. The van der Waals surface area contributed by atoms with E-state index in [2.05, 4.69) is 21.2 Å². The molecule has 1 aliphatic heterocycles. The molecule has 1 heterocycles. The van der Waals surface area contributed by atoms with Gasteiger partial charge in [-0.15, -0.1) is 0 Å². The zero-order valence-electron chi connectivity index (χ0n) is 15.6. The molecule has 4 rings (SSSR count). The molecule has 8 heteroatoms. The molecule has 0 unspecified atom stereocenters. The number of nitrogens with zero attached hydrogens (tertiary/aromatic N) is 2. The van der Waals surface area contributed by atoms with E-state index < -0.39 is 16.9 Å². The fourth-order valence-corrected chi connectivity index (χ4v) is 4.01. The Labute approximate surface area is 180 Å². The van der Waals surface area contributed by atoms with Crippen LogP contribution in [0.2, 0.25) is 0 Å². The number of nitro benzene ring substituents is 1. The van der Waals surface area contributed by atoms with Crippen molar-refractivity contribution in [3.05, 3.63) is 104 Å². The van der Waals surface area contributed by atoms with E-state index >= 15 is 0 Å². The highest BCUT2D eigenvalue weighted by molar-refractivity contribution is 9.10. The van der Waals surface area contributed by atoms with Crippen LogP contribution in [-0.2, 0) is 4.79 Å². The van der Waals surface area contributed by atoms with Gasteiger partial charge >= 0.3 is 0 Å². The van der Waals surface area contributed by atoms with E-state index in [-0.39, 0.29) is 23.7 Å². The molecular formula is C22H16BrN3O4. The van der Waals surface area contributed by atoms with Gasteiger partial charge in [-0.3, -0.25) is 19.7 Å². The maximum atomic E-state index is 13.5. The summed E-state index contributed by atoms with van der Waals surface area (Å²) in [5.41, 5.74) is 1.74. The lowest BCUT2D eigenvalue weighted by molar-refractivity contribution is -0.385. The molecule has 0 saturated heterocycles. The molecule has 1 atom stereocenters. The van der Waals surface area contributed by atoms with Crippen LogP contribution in [0, 0.1) is 10.1 Å². The highest BCUT2D eigenvalue weighted by Gasteiger charge is 2.36. The van der Waals surface area contributed by atoms with Crippen molar-refractivity contribution in [1.82, 2.24) is 4.90 Å². The molecule has 0 bridgehead atoms. The van der Waals surface area contributed by atoms with Gasteiger partial charge in [-0.1, -0.05) is 58.4 Å². The Bertz CT molecular complexity index is 1150. The van der Waals surface area contributed by atoms with Crippen molar-refractivity contribution < 1.29 is 14.5 Å². The third-order valence-electron chi connectivity index (χ3n) is 4.92. The summed E-state index contributed by atoms with van der Waals surface area (Å²) in [6.45, 7) is -0.239. The van der Waals surface area contributed by atoms with Gasteiger partial charge in [0.25, 0.3) is 11.6 Å². The smallest absolute Gasteiger partial charge is 0.282 e. The molecule has 7 nitrogen and oxygen atoms in total. The molecular weight excluding hydrogens is 450 g/mol. The van der Waals surface area contributed by atoms with E-state index in [1.807, 2.05) is 36.4 Å². The van der Waals surface area contributed by atoms with E-state index in [4.69, 9.17) is 0 Å². The zero-order valence-corrected chi connectivity index (χ0v) is 17.2. The Balaban J connectivity index is 1.92. The number of rotatable bonds is 3. The van der Waals surface area contributed by atoms with E-state index in [9.17, 15) is 19.7 Å². The standard InChI is InChI=1S/C22H16BrN3O4/c23-15-10-11-18-17(12-15)21(14-6-2-1-3-7-14)25(13-20(27)24-18)22(28)16-8-4-5-9-19(16)26(29)30/h1-12,21H,13H2,(H,24,27)/t21-/m0/s1. The number of carbonyl (C=O) groups excluding carboxylic acids is 2. The number of anilines is 1. The Morgan fingerprint density at radius 3 is 2.50 bits per heavy atom. The van der Waals surface area contributed by atoms with Crippen molar-refractivity contribution in [3.8, 4) is 0 Å². The second-order valence-electron chi connectivity index (χ2n) is 6.80. The van der Waals surface area contributed by atoms with Gasteiger partial charge in [0.1, 0.15) is 12.1 Å². The average molecular weight is 466 g/mol. The highest BCUT2D eigenvalue weighted by atomic mass is 79.9. The van der Waals surface area contributed by atoms with E-state index in [1.165, 1.54) is 23.1 Å². The molecule has 3 aromatic rings. The number of hydrogen-bond acceptors (Lipinski definition) is 4. The maximum Gasteiger partial charge on any atom is 0.282 e. The second-order valence-corrected chi connectivity index (χ2v) is 7.72. The Morgan fingerprint density at radius 2 is 1.77 bits per heavy atom. The molecule has 2 amide bonds. The Hall–Kier alpha value is -3.52. The summed E-state index contributed by atoms with van der Waals surface area (Å²) in [4.78, 5) is 38.4. The predicted molar refractivity (Wildman–Crippen MR) is 115 cm³/mol. The Kier molecular flexibility index (Phi) is 5.33. The molecule has 0 aromatic heterocycles. The van der Waals surface area contributed by atoms with E-state index in [1.54, 1.807) is 18.2 Å². The van der Waals surface area contributed by atoms with Gasteiger partial charge in [-0.2, -0.15) is 0 Å². The van der Waals surface area contributed by atoms with Crippen LogP contribution in [0.5, 0.6) is 0 Å². The summed E-state index contributed by atoms with van der Waals surface area (Å²) in [5.74, 6) is -0.955. The van der Waals surface area contributed by atoms with Crippen molar-refractivity contribution in [2.45, 2.75) is 6.04 Å². The third kappa shape index (κ3) is 3.69. The summed E-state index contributed by atoms with van der Waals surface area (Å²) in [5, 5.41) is 14.3. The molecule has 0 saturated carbocycles. The van der Waals surface area contributed by atoms with Gasteiger partial charge in [0, 0.05) is 21.8 Å². The summed E-state index contributed by atoms with van der Waals surface area (Å²) in [6, 6.07) is 19.9. The molecule has 1 aliphatic rings. The number of hydrogen-bond donors (Lipinski definition) is 1. The SMILES string of the molecule is O=C1CN(C(=O)c2ccccc2[N+](=O)[O-])[C@@H](c2ccccc2)c2cc(Br)ccc2N1. The topological polar surface area (TPSA) is 92.5 Å². The minimum Gasteiger partial charge on any atom is -0.324 e. The van der Waals surface area contributed by atoms with Crippen molar-refractivity contribution in [1.29, 1.82) is 0 Å². The lowest BCUT2D eigenvalue weighted by Gasteiger charge is -2.30. The van der Waals surface area contributed by atoms with E-state index in [0.717, 1.165) is 10.0 Å². The lowest BCUT2D eigenvalue weighted by atomic mass is 9.95. The minimum atomic E-state index is -0.607. The fraction of sp³-hybridized carbons (Fsp3) is 0.0909. The first-order chi connectivity index (χ1) is 14.5. The number of halogens is 1. The van der Waals surface area contributed by atoms with Crippen LogP contribution in [0.3, 0.4) is 0 Å². The molecule has 0 spiro atoms. The zero-order chi connectivity index (χ0) is 21.3. The summed E-state index contributed by atoms with van der Waals surface area (Å²) in [6.07, 6.45) is 0. The van der Waals surface area contributed by atoms with Gasteiger partial charge in [0.15, 0.2) is 0 Å². The average Bonchev–Trinajstić information content (AvgIpc) is 2.89. The Morgan fingerprint density at radius 1 is 1.07 bits per heavy atom. The molecule has 1 N–H and O–H groups in total. The second kappa shape index (κ2) is 8.08. The first-order valence-corrected chi connectivity index (χ1v) is 9.93. The van der Waals surface area contributed by atoms with Crippen LogP contribution in [0.15, 0.2) is 77.3 Å².